The second-order valence-corrected chi connectivity index (χ2v) is 5.61. The number of methoxy groups -OCH3 is 2. The molecule has 2 heteroatoms. The second kappa shape index (κ2) is 9.14. The molecule has 0 saturated heterocycles. The largest absolute Gasteiger partial charge is 0.497 e. The van der Waals surface area contributed by atoms with Crippen LogP contribution in [0, 0.1) is 0 Å². The van der Waals surface area contributed by atoms with Gasteiger partial charge in [0.25, 0.3) is 0 Å². The topological polar surface area (TPSA) is 18.5 Å². The van der Waals surface area contributed by atoms with Crippen LogP contribution in [0.2, 0.25) is 0 Å². The molecule has 0 aromatic heterocycles. The lowest BCUT2D eigenvalue weighted by molar-refractivity contribution is 0.414. The van der Waals surface area contributed by atoms with Crippen LogP contribution in [-0.4, -0.2) is 14.2 Å². The maximum atomic E-state index is 5.18. The molecule has 0 unspecified atom stereocenters. The third kappa shape index (κ3) is 5.44. The molecule has 0 fully saturated rings. The van der Waals surface area contributed by atoms with E-state index < -0.39 is 0 Å². The summed E-state index contributed by atoms with van der Waals surface area (Å²) < 4.78 is 10.4. The number of unbranched alkanes of at least 4 members (excludes halogenated alkanes) is 3. The second-order valence-electron chi connectivity index (χ2n) is 5.61. The number of ether oxygens (including phenoxy) is 2. The molecule has 2 rings (SSSR count). The fourth-order valence-corrected chi connectivity index (χ4v) is 2.60. The quantitative estimate of drug-likeness (QED) is 0.603. The summed E-state index contributed by atoms with van der Waals surface area (Å²) in [5.41, 5.74) is 2.80. The molecular weight excluding hydrogens is 272 g/mol. The SMILES string of the molecule is COc1ccc(CCCCCCc2ccc(OC)cc2)cc1. The summed E-state index contributed by atoms with van der Waals surface area (Å²) in [5, 5.41) is 0. The zero-order valence-corrected chi connectivity index (χ0v) is 13.7. The van der Waals surface area contributed by atoms with Gasteiger partial charge in [-0.3, -0.25) is 0 Å². The Labute approximate surface area is 134 Å². The van der Waals surface area contributed by atoms with Crippen LogP contribution < -0.4 is 9.47 Å². The normalized spacial score (nSPS) is 10.5. The standard InChI is InChI=1S/C20H26O2/c1-21-19-13-9-17(10-14-19)7-5-3-4-6-8-18-11-15-20(22-2)16-12-18/h9-16H,3-8H2,1-2H3. The first-order chi connectivity index (χ1) is 10.8. The van der Waals surface area contributed by atoms with E-state index in [0.29, 0.717) is 0 Å². The van der Waals surface area contributed by atoms with Gasteiger partial charge in [0.05, 0.1) is 14.2 Å². The van der Waals surface area contributed by atoms with Crippen LogP contribution in [0.1, 0.15) is 36.8 Å². The Hall–Kier alpha value is -1.96. The lowest BCUT2D eigenvalue weighted by atomic mass is 10.0. The van der Waals surface area contributed by atoms with Crippen LogP contribution in [0.4, 0.5) is 0 Å². The number of rotatable bonds is 9. The molecule has 0 N–H and O–H groups in total. The Morgan fingerprint density at radius 1 is 0.545 bits per heavy atom. The highest BCUT2D eigenvalue weighted by atomic mass is 16.5. The van der Waals surface area contributed by atoms with E-state index in [1.165, 1.54) is 36.8 Å². The first-order valence-corrected chi connectivity index (χ1v) is 8.07. The van der Waals surface area contributed by atoms with E-state index in [1.54, 1.807) is 14.2 Å². The predicted octanol–water partition coefficient (Wildman–Crippen LogP) is 5.05. The number of benzene rings is 2. The zero-order valence-electron chi connectivity index (χ0n) is 13.7. The molecule has 0 aliphatic rings. The Balaban J connectivity index is 1.58. The first-order valence-electron chi connectivity index (χ1n) is 8.07. The first kappa shape index (κ1) is 16.4. The van der Waals surface area contributed by atoms with Crippen molar-refractivity contribution in [3.63, 3.8) is 0 Å². The fraction of sp³-hybridized carbons (Fsp3) is 0.400. The molecule has 2 nitrogen and oxygen atoms in total. The Kier molecular flexibility index (Phi) is 6.82. The number of aryl methyl sites for hydroxylation is 2. The monoisotopic (exact) mass is 298 g/mol. The molecule has 0 atom stereocenters. The van der Waals surface area contributed by atoms with E-state index in [0.717, 1.165) is 24.3 Å². The van der Waals surface area contributed by atoms with Gasteiger partial charge in [0.15, 0.2) is 0 Å². The van der Waals surface area contributed by atoms with Gasteiger partial charge < -0.3 is 9.47 Å². The lowest BCUT2D eigenvalue weighted by Crippen LogP contribution is -1.90. The fourth-order valence-electron chi connectivity index (χ4n) is 2.60. The number of hydrogen-bond donors (Lipinski definition) is 0. The van der Waals surface area contributed by atoms with Crippen molar-refractivity contribution in [2.24, 2.45) is 0 Å². The van der Waals surface area contributed by atoms with Crippen molar-refractivity contribution >= 4 is 0 Å². The van der Waals surface area contributed by atoms with Gasteiger partial charge in [0.1, 0.15) is 11.5 Å². The van der Waals surface area contributed by atoms with Crippen molar-refractivity contribution in [3.8, 4) is 11.5 Å². The van der Waals surface area contributed by atoms with E-state index >= 15 is 0 Å². The van der Waals surface area contributed by atoms with Crippen molar-refractivity contribution in [2.75, 3.05) is 14.2 Å². The maximum Gasteiger partial charge on any atom is 0.118 e. The third-order valence-corrected chi connectivity index (χ3v) is 4.00. The van der Waals surface area contributed by atoms with Crippen molar-refractivity contribution < 1.29 is 9.47 Å². The minimum Gasteiger partial charge on any atom is -0.497 e. The maximum absolute atomic E-state index is 5.18. The van der Waals surface area contributed by atoms with Crippen LogP contribution >= 0.6 is 0 Å². The van der Waals surface area contributed by atoms with Crippen LogP contribution in [0.5, 0.6) is 11.5 Å². The average Bonchev–Trinajstić information content (AvgIpc) is 2.59. The van der Waals surface area contributed by atoms with Crippen LogP contribution in [-0.2, 0) is 12.8 Å². The van der Waals surface area contributed by atoms with Crippen molar-refractivity contribution in [3.05, 3.63) is 59.7 Å². The summed E-state index contributed by atoms with van der Waals surface area (Å²) in [7, 11) is 3.41. The van der Waals surface area contributed by atoms with Crippen molar-refractivity contribution in [2.45, 2.75) is 38.5 Å². The molecular formula is C20H26O2. The Morgan fingerprint density at radius 2 is 0.909 bits per heavy atom. The highest BCUT2D eigenvalue weighted by Gasteiger charge is 1.97. The van der Waals surface area contributed by atoms with Gasteiger partial charge in [-0.05, 0) is 61.1 Å². The molecule has 0 amide bonds. The summed E-state index contributed by atoms with van der Waals surface area (Å²) in [5.74, 6) is 1.87. The van der Waals surface area contributed by atoms with Gasteiger partial charge in [-0.25, -0.2) is 0 Å². The van der Waals surface area contributed by atoms with E-state index in [2.05, 4.69) is 24.3 Å². The van der Waals surface area contributed by atoms with E-state index in [4.69, 9.17) is 9.47 Å². The summed E-state index contributed by atoms with van der Waals surface area (Å²) >= 11 is 0. The summed E-state index contributed by atoms with van der Waals surface area (Å²) in [6.07, 6.45) is 7.42. The van der Waals surface area contributed by atoms with Gasteiger partial charge in [0.2, 0.25) is 0 Å². The zero-order chi connectivity index (χ0) is 15.6. The molecule has 0 aliphatic carbocycles. The molecule has 0 aliphatic heterocycles. The lowest BCUT2D eigenvalue weighted by Gasteiger charge is -2.05. The average molecular weight is 298 g/mol. The predicted molar refractivity (Wildman–Crippen MR) is 91.9 cm³/mol. The van der Waals surface area contributed by atoms with Gasteiger partial charge in [-0.2, -0.15) is 0 Å². The molecule has 22 heavy (non-hydrogen) atoms. The van der Waals surface area contributed by atoms with E-state index in [9.17, 15) is 0 Å². The van der Waals surface area contributed by atoms with Crippen LogP contribution in [0.3, 0.4) is 0 Å². The minimum atomic E-state index is 0.934. The van der Waals surface area contributed by atoms with Crippen molar-refractivity contribution in [1.82, 2.24) is 0 Å². The molecule has 0 bridgehead atoms. The van der Waals surface area contributed by atoms with E-state index in [-0.39, 0.29) is 0 Å². The molecule has 2 aromatic carbocycles. The summed E-state index contributed by atoms with van der Waals surface area (Å²) in [6, 6.07) is 16.8. The molecule has 118 valence electrons. The molecule has 2 aromatic rings. The Morgan fingerprint density at radius 3 is 1.23 bits per heavy atom. The molecule has 0 radical (unpaired) electrons. The molecule has 0 spiro atoms. The van der Waals surface area contributed by atoms with Crippen molar-refractivity contribution in [1.29, 1.82) is 0 Å². The highest BCUT2D eigenvalue weighted by Crippen LogP contribution is 2.16. The van der Waals surface area contributed by atoms with Gasteiger partial charge in [-0.15, -0.1) is 0 Å². The third-order valence-electron chi connectivity index (χ3n) is 4.00. The Bertz CT molecular complexity index is 477. The van der Waals surface area contributed by atoms with Gasteiger partial charge in [-0.1, -0.05) is 37.1 Å². The van der Waals surface area contributed by atoms with Gasteiger partial charge in [0, 0.05) is 0 Å². The van der Waals surface area contributed by atoms with Crippen LogP contribution in [0.25, 0.3) is 0 Å². The molecule has 0 heterocycles. The summed E-state index contributed by atoms with van der Waals surface area (Å²) in [4.78, 5) is 0. The smallest absolute Gasteiger partial charge is 0.118 e. The van der Waals surface area contributed by atoms with Gasteiger partial charge >= 0.3 is 0 Å². The van der Waals surface area contributed by atoms with E-state index in [1.807, 2.05) is 24.3 Å². The number of hydrogen-bond acceptors (Lipinski definition) is 2. The summed E-state index contributed by atoms with van der Waals surface area (Å²) in [6.45, 7) is 0. The highest BCUT2D eigenvalue weighted by molar-refractivity contribution is 5.27. The minimum absolute atomic E-state index is 0.934. The molecule has 0 saturated carbocycles. The van der Waals surface area contributed by atoms with Crippen LogP contribution in [0.15, 0.2) is 48.5 Å².